The zero-order valence-corrected chi connectivity index (χ0v) is 6.66. The average molecular weight is 175 g/mol. The fourth-order valence-corrected chi connectivity index (χ4v) is 1.55. The highest BCUT2D eigenvalue weighted by Gasteiger charge is 2.45. The molecule has 1 fully saturated rings. The molecule has 0 aromatic rings. The molecule has 5 heteroatoms. The molecule has 1 aliphatic carbocycles. The van der Waals surface area contributed by atoms with E-state index in [0.29, 0.717) is 12.8 Å². The number of hydrogen-bond donors (Lipinski definition) is 4. The summed E-state index contributed by atoms with van der Waals surface area (Å²) in [4.78, 5) is 10.6. The predicted octanol–water partition coefficient (Wildman–Crippen LogP) is -0.977. The van der Waals surface area contributed by atoms with Gasteiger partial charge in [-0.15, -0.1) is 0 Å². The van der Waals surface area contributed by atoms with Crippen LogP contribution in [-0.4, -0.2) is 32.6 Å². The quantitative estimate of drug-likeness (QED) is 0.384. The zero-order chi connectivity index (χ0) is 9.41. The number of carbonyl (C=O) groups is 1. The van der Waals surface area contributed by atoms with Crippen molar-refractivity contribution in [2.75, 3.05) is 0 Å². The van der Waals surface area contributed by atoms with Gasteiger partial charge in [0.15, 0.2) is 5.79 Å². The Balaban J connectivity index is 2.74. The number of nitrogens with two attached hydrogens (primary N) is 1. The van der Waals surface area contributed by atoms with Crippen LogP contribution in [0.15, 0.2) is 0 Å². The third-order valence-corrected chi connectivity index (χ3v) is 2.22. The molecule has 0 spiro atoms. The number of carboxylic acids is 1. The minimum absolute atomic E-state index is 0.194. The second-order valence-corrected chi connectivity index (χ2v) is 3.47. The molecule has 1 saturated carbocycles. The molecule has 0 amide bonds. The van der Waals surface area contributed by atoms with E-state index in [2.05, 4.69) is 0 Å². The fourth-order valence-electron chi connectivity index (χ4n) is 1.55. The van der Waals surface area contributed by atoms with Crippen LogP contribution in [0, 0.1) is 0 Å². The molecule has 0 bridgehead atoms. The molecule has 1 aliphatic rings. The third-order valence-electron chi connectivity index (χ3n) is 2.22. The van der Waals surface area contributed by atoms with Gasteiger partial charge in [-0.05, 0) is 12.8 Å². The first kappa shape index (κ1) is 9.44. The van der Waals surface area contributed by atoms with Gasteiger partial charge in [0, 0.05) is 12.8 Å². The van der Waals surface area contributed by atoms with Crippen molar-refractivity contribution >= 4 is 5.97 Å². The summed E-state index contributed by atoms with van der Waals surface area (Å²) >= 11 is 0. The standard InChI is InChI=1S/C7H13NO4/c8-6(5(9)10)2-1-3-7(11,12)4-6/h11-12H,1-4,8H2,(H,9,10). The summed E-state index contributed by atoms with van der Waals surface area (Å²) in [6.07, 6.45) is 0.621. The third kappa shape index (κ3) is 1.74. The van der Waals surface area contributed by atoms with Gasteiger partial charge in [0.25, 0.3) is 0 Å². The highest BCUT2D eigenvalue weighted by atomic mass is 16.5. The highest BCUT2D eigenvalue weighted by molar-refractivity contribution is 5.78. The lowest BCUT2D eigenvalue weighted by atomic mass is 9.79. The van der Waals surface area contributed by atoms with Crippen molar-refractivity contribution in [1.29, 1.82) is 0 Å². The molecule has 1 unspecified atom stereocenters. The number of rotatable bonds is 1. The average Bonchev–Trinajstić information content (AvgIpc) is 1.83. The first-order valence-corrected chi connectivity index (χ1v) is 3.83. The summed E-state index contributed by atoms with van der Waals surface area (Å²) in [5, 5.41) is 27.0. The van der Waals surface area contributed by atoms with E-state index in [4.69, 9.17) is 10.8 Å². The molecule has 0 aliphatic heterocycles. The molecule has 0 radical (unpaired) electrons. The van der Waals surface area contributed by atoms with Crippen LogP contribution in [0.25, 0.3) is 0 Å². The van der Waals surface area contributed by atoms with Gasteiger partial charge in [-0.25, -0.2) is 0 Å². The van der Waals surface area contributed by atoms with E-state index in [-0.39, 0.29) is 12.8 Å². The Hall–Kier alpha value is -0.650. The molecule has 70 valence electrons. The van der Waals surface area contributed by atoms with Crippen LogP contribution in [0.1, 0.15) is 25.7 Å². The van der Waals surface area contributed by atoms with Crippen molar-refractivity contribution in [3.63, 3.8) is 0 Å². The van der Waals surface area contributed by atoms with Crippen molar-refractivity contribution in [2.45, 2.75) is 37.0 Å². The Kier molecular flexibility index (Phi) is 2.11. The lowest BCUT2D eigenvalue weighted by molar-refractivity contribution is -0.200. The van der Waals surface area contributed by atoms with Gasteiger partial charge in [-0.1, -0.05) is 0 Å². The van der Waals surface area contributed by atoms with Crippen LogP contribution in [-0.2, 0) is 4.79 Å². The van der Waals surface area contributed by atoms with Crippen molar-refractivity contribution in [3.8, 4) is 0 Å². The minimum Gasteiger partial charge on any atom is -0.480 e. The monoisotopic (exact) mass is 175 g/mol. The smallest absolute Gasteiger partial charge is 0.323 e. The Morgan fingerprint density at radius 1 is 1.33 bits per heavy atom. The van der Waals surface area contributed by atoms with Crippen LogP contribution in [0.4, 0.5) is 0 Å². The number of aliphatic carboxylic acids is 1. The SMILES string of the molecule is NC1(C(=O)O)CCCC(O)(O)C1. The summed E-state index contributed by atoms with van der Waals surface area (Å²) in [5.74, 6) is -3.08. The summed E-state index contributed by atoms with van der Waals surface area (Å²) in [6.45, 7) is 0. The van der Waals surface area contributed by atoms with Gasteiger partial charge in [0.1, 0.15) is 5.54 Å². The van der Waals surface area contributed by atoms with E-state index in [1.54, 1.807) is 0 Å². The normalized spacial score (nSPS) is 34.6. The fraction of sp³-hybridized carbons (Fsp3) is 0.857. The van der Waals surface area contributed by atoms with Gasteiger partial charge in [-0.2, -0.15) is 0 Å². The van der Waals surface area contributed by atoms with Crippen LogP contribution in [0.2, 0.25) is 0 Å². The van der Waals surface area contributed by atoms with Gasteiger partial charge >= 0.3 is 5.97 Å². The van der Waals surface area contributed by atoms with Crippen molar-refractivity contribution in [1.82, 2.24) is 0 Å². The predicted molar refractivity (Wildman–Crippen MR) is 40.2 cm³/mol. The van der Waals surface area contributed by atoms with E-state index in [1.165, 1.54) is 0 Å². The van der Waals surface area contributed by atoms with E-state index in [1.807, 2.05) is 0 Å². The maximum Gasteiger partial charge on any atom is 0.323 e. The lowest BCUT2D eigenvalue weighted by Gasteiger charge is -2.36. The van der Waals surface area contributed by atoms with E-state index >= 15 is 0 Å². The number of hydrogen-bond acceptors (Lipinski definition) is 4. The topological polar surface area (TPSA) is 104 Å². The molecule has 0 aromatic heterocycles. The van der Waals surface area contributed by atoms with Crippen LogP contribution >= 0.6 is 0 Å². The van der Waals surface area contributed by atoms with Crippen LogP contribution in [0.5, 0.6) is 0 Å². The summed E-state index contributed by atoms with van der Waals surface area (Å²) in [6, 6.07) is 0. The van der Waals surface area contributed by atoms with Crippen molar-refractivity contribution in [3.05, 3.63) is 0 Å². The van der Waals surface area contributed by atoms with Gasteiger partial charge in [-0.3, -0.25) is 4.79 Å². The molecule has 12 heavy (non-hydrogen) atoms. The Labute approximate surface area is 69.8 Å². The minimum atomic E-state index is -1.91. The molecule has 1 atom stereocenters. The zero-order valence-electron chi connectivity index (χ0n) is 6.66. The second-order valence-electron chi connectivity index (χ2n) is 3.47. The summed E-state index contributed by atoms with van der Waals surface area (Å²) in [7, 11) is 0. The van der Waals surface area contributed by atoms with Crippen LogP contribution < -0.4 is 5.73 Å². The molecular formula is C7H13NO4. The van der Waals surface area contributed by atoms with E-state index < -0.39 is 17.3 Å². The Bertz CT molecular complexity index is 204. The summed E-state index contributed by atoms with van der Waals surface area (Å²) < 4.78 is 0. The number of carboxylic acid groups (broad SMARTS) is 1. The first-order chi connectivity index (χ1) is 5.36. The largest absolute Gasteiger partial charge is 0.480 e. The summed E-state index contributed by atoms with van der Waals surface area (Å²) in [5.41, 5.74) is 3.99. The maximum atomic E-state index is 10.6. The molecule has 5 N–H and O–H groups in total. The molecule has 1 rings (SSSR count). The molecule has 0 aromatic carbocycles. The maximum absolute atomic E-state index is 10.6. The molecular weight excluding hydrogens is 162 g/mol. The van der Waals surface area contributed by atoms with Gasteiger partial charge < -0.3 is 21.1 Å². The van der Waals surface area contributed by atoms with Gasteiger partial charge in [0.2, 0.25) is 0 Å². The Morgan fingerprint density at radius 3 is 2.25 bits per heavy atom. The molecule has 5 nitrogen and oxygen atoms in total. The molecule has 0 heterocycles. The van der Waals surface area contributed by atoms with Gasteiger partial charge in [0.05, 0.1) is 0 Å². The van der Waals surface area contributed by atoms with Crippen molar-refractivity contribution in [2.24, 2.45) is 5.73 Å². The lowest BCUT2D eigenvalue weighted by Crippen LogP contribution is -2.56. The Morgan fingerprint density at radius 2 is 1.92 bits per heavy atom. The number of aliphatic hydroxyl groups is 2. The van der Waals surface area contributed by atoms with E-state index in [9.17, 15) is 15.0 Å². The van der Waals surface area contributed by atoms with Crippen LogP contribution in [0.3, 0.4) is 0 Å². The van der Waals surface area contributed by atoms with Crippen molar-refractivity contribution < 1.29 is 20.1 Å². The second kappa shape index (κ2) is 2.69. The highest BCUT2D eigenvalue weighted by Crippen LogP contribution is 2.32. The van der Waals surface area contributed by atoms with E-state index in [0.717, 1.165) is 0 Å². The molecule has 0 saturated heterocycles. The first-order valence-electron chi connectivity index (χ1n) is 3.83.